The lowest BCUT2D eigenvalue weighted by molar-refractivity contribution is 0.195. The Morgan fingerprint density at radius 3 is 2.28 bits per heavy atom. The molecule has 7 heteroatoms. The van der Waals surface area contributed by atoms with Gasteiger partial charge in [0.2, 0.25) is 17.8 Å². The molecule has 0 aliphatic heterocycles. The van der Waals surface area contributed by atoms with Crippen molar-refractivity contribution >= 4 is 17.8 Å². The number of ether oxygens (including phenoxy) is 1. The van der Waals surface area contributed by atoms with Crippen LogP contribution in [-0.2, 0) is 4.74 Å². The maximum Gasteiger partial charge on any atom is 0.233 e. The average molecular weight is 254 g/mol. The van der Waals surface area contributed by atoms with Gasteiger partial charge in [-0.1, -0.05) is 26.2 Å². The molecule has 1 aromatic rings. The van der Waals surface area contributed by atoms with E-state index in [-0.39, 0.29) is 11.9 Å². The van der Waals surface area contributed by atoms with E-state index in [2.05, 4.69) is 21.9 Å². The van der Waals surface area contributed by atoms with Gasteiger partial charge < -0.3 is 21.1 Å². The zero-order chi connectivity index (χ0) is 13.4. The molecule has 0 spiro atoms. The highest BCUT2D eigenvalue weighted by Crippen LogP contribution is 2.12. The summed E-state index contributed by atoms with van der Waals surface area (Å²) in [6.07, 6.45) is 4.66. The van der Waals surface area contributed by atoms with Gasteiger partial charge in [0.15, 0.2) is 0 Å². The van der Waals surface area contributed by atoms with Crippen LogP contribution in [0, 0.1) is 0 Å². The number of nitrogens with two attached hydrogens (primary N) is 2. The van der Waals surface area contributed by atoms with Gasteiger partial charge in [-0.2, -0.15) is 15.0 Å². The first-order valence-corrected chi connectivity index (χ1v) is 6.18. The highest BCUT2D eigenvalue weighted by molar-refractivity contribution is 5.39. The second kappa shape index (κ2) is 7.65. The van der Waals surface area contributed by atoms with E-state index in [1.54, 1.807) is 7.11 Å². The van der Waals surface area contributed by atoms with Crippen LogP contribution in [0.15, 0.2) is 0 Å². The molecule has 0 aliphatic carbocycles. The van der Waals surface area contributed by atoms with Crippen molar-refractivity contribution in [3.05, 3.63) is 0 Å². The first kappa shape index (κ1) is 14.4. The van der Waals surface area contributed by atoms with Crippen molar-refractivity contribution < 1.29 is 4.74 Å². The molecule has 1 rings (SSSR count). The van der Waals surface area contributed by atoms with Gasteiger partial charge in [-0.05, 0) is 6.42 Å². The van der Waals surface area contributed by atoms with Crippen molar-refractivity contribution in [3.8, 4) is 0 Å². The molecule has 0 aliphatic rings. The molecule has 4 N–H and O–H groups in total. The molecule has 0 bridgehead atoms. The van der Waals surface area contributed by atoms with Crippen molar-refractivity contribution in [2.75, 3.05) is 36.8 Å². The van der Waals surface area contributed by atoms with Crippen molar-refractivity contribution in [1.29, 1.82) is 0 Å². The zero-order valence-electron chi connectivity index (χ0n) is 11.1. The van der Waals surface area contributed by atoms with Gasteiger partial charge in [0.1, 0.15) is 6.73 Å². The van der Waals surface area contributed by atoms with Crippen molar-refractivity contribution in [1.82, 2.24) is 15.0 Å². The molecule has 18 heavy (non-hydrogen) atoms. The molecule has 0 saturated heterocycles. The van der Waals surface area contributed by atoms with Crippen LogP contribution in [0.5, 0.6) is 0 Å². The lowest BCUT2D eigenvalue weighted by Crippen LogP contribution is -2.29. The Morgan fingerprint density at radius 1 is 1.06 bits per heavy atom. The van der Waals surface area contributed by atoms with Crippen LogP contribution in [0.3, 0.4) is 0 Å². The minimum atomic E-state index is 0.132. The predicted octanol–water partition coefficient (Wildman–Crippen LogP) is 1.03. The average Bonchev–Trinajstić information content (AvgIpc) is 2.32. The lowest BCUT2D eigenvalue weighted by Gasteiger charge is -2.21. The first-order valence-electron chi connectivity index (χ1n) is 6.18. The molecule has 0 amide bonds. The molecule has 1 heterocycles. The fourth-order valence-corrected chi connectivity index (χ4v) is 1.65. The molecular formula is C11H22N6O. The van der Waals surface area contributed by atoms with E-state index >= 15 is 0 Å². The number of hydrogen-bond acceptors (Lipinski definition) is 7. The van der Waals surface area contributed by atoms with E-state index in [9.17, 15) is 0 Å². The Hall–Kier alpha value is -1.63. The number of methoxy groups -OCH3 is 1. The molecule has 1 aromatic heterocycles. The molecular weight excluding hydrogens is 232 g/mol. The Labute approximate surface area is 108 Å². The van der Waals surface area contributed by atoms with Crippen molar-refractivity contribution in [2.45, 2.75) is 32.6 Å². The maximum absolute atomic E-state index is 5.56. The van der Waals surface area contributed by atoms with E-state index in [0.29, 0.717) is 12.7 Å². The molecule has 0 saturated carbocycles. The lowest BCUT2D eigenvalue weighted by atomic mass is 10.2. The van der Waals surface area contributed by atoms with Gasteiger partial charge in [0, 0.05) is 13.7 Å². The van der Waals surface area contributed by atoms with Crippen LogP contribution in [0.25, 0.3) is 0 Å². The minimum absolute atomic E-state index is 0.132. The third-order valence-electron chi connectivity index (χ3n) is 2.51. The summed E-state index contributed by atoms with van der Waals surface area (Å²) in [6.45, 7) is 3.41. The number of anilines is 3. The molecule has 0 atom stereocenters. The number of unbranched alkanes of at least 4 members (excludes halogenated alkanes) is 3. The van der Waals surface area contributed by atoms with Gasteiger partial charge >= 0.3 is 0 Å². The van der Waals surface area contributed by atoms with Gasteiger partial charge in [0.25, 0.3) is 0 Å². The highest BCUT2D eigenvalue weighted by Gasteiger charge is 2.11. The summed E-state index contributed by atoms with van der Waals surface area (Å²) < 4.78 is 5.14. The summed E-state index contributed by atoms with van der Waals surface area (Å²) in [7, 11) is 1.63. The van der Waals surface area contributed by atoms with Crippen LogP contribution in [0.1, 0.15) is 32.6 Å². The van der Waals surface area contributed by atoms with Crippen LogP contribution >= 0.6 is 0 Å². The Kier molecular flexibility index (Phi) is 6.13. The number of nitrogens with zero attached hydrogens (tertiary/aromatic N) is 4. The smallest absolute Gasteiger partial charge is 0.233 e. The number of rotatable bonds is 8. The van der Waals surface area contributed by atoms with Crippen LogP contribution in [0.4, 0.5) is 17.8 Å². The molecule has 0 radical (unpaired) electrons. The molecule has 0 unspecified atom stereocenters. The maximum atomic E-state index is 5.56. The summed E-state index contributed by atoms with van der Waals surface area (Å²) in [5, 5.41) is 0. The molecule has 0 fully saturated rings. The quantitative estimate of drug-likeness (QED) is 0.527. The topological polar surface area (TPSA) is 103 Å². The zero-order valence-corrected chi connectivity index (χ0v) is 11.1. The number of aromatic nitrogens is 3. The Morgan fingerprint density at radius 2 is 1.72 bits per heavy atom. The van der Waals surface area contributed by atoms with E-state index in [1.165, 1.54) is 19.3 Å². The van der Waals surface area contributed by atoms with Gasteiger partial charge in [-0.15, -0.1) is 0 Å². The normalized spacial score (nSPS) is 10.6. The van der Waals surface area contributed by atoms with Gasteiger partial charge in [-0.25, -0.2) is 0 Å². The summed E-state index contributed by atoms with van der Waals surface area (Å²) in [5.74, 6) is 0.734. The molecule has 7 nitrogen and oxygen atoms in total. The fraction of sp³-hybridized carbons (Fsp3) is 0.727. The van der Waals surface area contributed by atoms with E-state index < -0.39 is 0 Å². The fourth-order valence-electron chi connectivity index (χ4n) is 1.65. The second-order valence-electron chi connectivity index (χ2n) is 4.09. The first-order chi connectivity index (χ1) is 8.67. The molecule has 102 valence electrons. The standard InChI is InChI=1S/C11H22N6O/c1-3-4-5-6-7-17(8-18-2)11-15-9(12)14-10(13)16-11/h3-8H2,1-2H3,(H4,12,13,14,15,16). The van der Waals surface area contributed by atoms with Crippen LogP contribution < -0.4 is 16.4 Å². The minimum Gasteiger partial charge on any atom is -0.368 e. The van der Waals surface area contributed by atoms with E-state index in [1.807, 2.05) is 4.90 Å². The largest absolute Gasteiger partial charge is 0.368 e. The van der Waals surface area contributed by atoms with Gasteiger partial charge in [0.05, 0.1) is 0 Å². The number of hydrogen-bond donors (Lipinski definition) is 2. The summed E-state index contributed by atoms with van der Waals surface area (Å²) in [5.41, 5.74) is 11.1. The number of nitrogen functional groups attached to an aromatic ring is 2. The second-order valence-corrected chi connectivity index (χ2v) is 4.09. The van der Waals surface area contributed by atoms with Crippen molar-refractivity contribution in [2.24, 2.45) is 0 Å². The van der Waals surface area contributed by atoms with Crippen LogP contribution in [-0.4, -0.2) is 35.3 Å². The van der Waals surface area contributed by atoms with Crippen LogP contribution in [0.2, 0.25) is 0 Å². The third kappa shape index (κ3) is 4.70. The summed E-state index contributed by atoms with van der Waals surface area (Å²) in [4.78, 5) is 13.8. The Bertz CT molecular complexity index is 339. The summed E-state index contributed by atoms with van der Waals surface area (Å²) >= 11 is 0. The highest BCUT2D eigenvalue weighted by atomic mass is 16.5. The SMILES string of the molecule is CCCCCCN(COC)c1nc(N)nc(N)n1. The van der Waals surface area contributed by atoms with Gasteiger partial charge in [-0.3, -0.25) is 0 Å². The van der Waals surface area contributed by atoms with E-state index in [0.717, 1.165) is 13.0 Å². The summed E-state index contributed by atoms with van der Waals surface area (Å²) in [6, 6.07) is 0. The Balaban J connectivity index is 2.64. The monoisotopic (exact) mass is 254 g/mol. The third-order valence-corrected chi connectivity index (χ3v) is 2.51. The van der Waals surface area contributed by atoms with E-state index in [4.69, 9.17) is 16.2 Å². The van der Waals surface area contributed by atoms with Crippen molar-refractivity contribution in [3.63, 3.8) is 0 Å². The predicted molar refractivity (Wildman–Crippen MR) is 72.0 cm³/mol. The molecule has 0 aromatic carbocycles.